The summed E-state index contributed by atoms with van der Waals surface area (Å²) in [5.74, 6) is 0. The third-order valence-corrected chi connectivity index (χ3v) is 13.5. The van der Waals surface area contributed by atoms with Gasteiger partial charge in [-0.2, -0.15) is 4.31 Å². The van der Waals surface area contributed by atoms with Crippen molar-refractivity contribution in [2.45, 2.75) is 111 Å². The molecule has 0 aromatic heterocycles. The van der Waals surface area contributed by atoms with Gasteiger partial charge >= 0.3 is 0 Å². The number of hydrogen-bond acceptors (Lipinski definition) is 4. The molecule has 2 aliphatic carbocycles. The lowest BCUT2D eigenvalue weighted by molar-refractivity contribution is 0.217. The summed E-state index contributed by atoms with van der Waals surface area (Å²) in [5.41, 5.74) is 2.13. The Morgan fingerprint density at radius 1 is 0.658 bits per heavy atom. The highest BCUT2D eigenvalue weighted by molar-refractivity contribution is 7.89. The van der Waals surface area contributed by atoms with E-state index in [1.54, 1.807) is 28.6 Å². The van der Waals surface area contributed by atoms with Gasteiger partial charge in [-0.05, 0) is 88.6 Å². The Kier molecular flexibility index (Phi) is 6.32. The lowest BCUT2D eigenvalue weighted by atomic mass is 9.90. The van der Waals surface area contributed by atoms with Gasteiger partial charge in [0.05, 0.1) is 15.3 Å². The highest BCUT2D eigenvalue weighted by Crippen LogP contribution is 2.54. The fourth-order valence-corrected chi connectivity index (χ4v) is 11.4. The first-order chi connectivity index (χ1) is 18.1. The van der Waals surface area contributed by atoms with Gasteiger partial charge in [0.25, 0.3) is 10.0 Å². The van der Waals surface area contributed by atoms with E-state index in [0.717, 1.165) is 80.9 Å². The maximum absolute atomic E-state index is 14.3. The first-order valence-corrected chi connectivity index (χ1v) is 16.9. The Labute approximate surface area is 227 Å². The molecule has 2 aromatic rings. The van der Waals surface area contributed by atoms with Gasteiger partial charge in [0.15, 0.2) is 0 Å². The molecule has 0 radical (unpaired) electrons. The molecule has 1 atom stereocenters. The summed E-state index contributed by atoms with van der Waals surface area (Å²) in [6.45, 7) is 3.91. The molecular formula is C30H38N2O4S2. The molecule has 6 nitrogen and oxygen atoms in total. The second-order valence-corrected chi connectivity index (χ2v) is 15.7. The van der Waals surface area contributed by atoms with E-state index < -0.39 is 25.6 Å². The normalized spacial score (nSPS) is 25.1. The summed E-state index contributed by atoms with van der Waals surface area (Å²) in [6.07, 6.45) is 11.4. The molecule has 1 unspecified atom stereocenters. The molecule has 0 bridgehead atoms. The van der Waals surface area contributed by atoms with Gasteiger partial charge in [-0.1, -0.05) is 61.1 Å². The first kappa shape index (κ1) is 26.1. The van der Waals surface area contributed by atoms with E-state index in [0.29, 0.717) is 16.2 Å². The number of hydrogen-bond donors (Lipinski definition) is 0. The Bertz CT molecular complexity index is 1450. The van der Waals surface area contributed by atoms with Crippen molar-refractivity contribution < 1.29 is 16.8 Å². The smallest absolute Gasteiger partial charge is 0.264 e. The van der Waals surface area contributed by atoms with Crippen molar-refractivity contribution in [3.8, 4) is 0 Å². The van der Waals surface area contributed by atoms with E-state index in [2.05, 4.69) is 0 Å². The van der Waals surface area contributed by atoms with Gasteiger partial charge in [0.1, 0.15) is 0 Å². The van der Waals surface area contributed by atoms with Gasteiger partial charge in [-0.15, -0.1) is 0 Å². The van der Waals surface area contributed by atoms with Crippen molar-refractivity contribution in [3.63, 3.8) is 0 Å². The monoisotopic (exact) mass is 554 g/mol. The van der Waals surface area contributed by atoms with Crippen LogP contribution in [0.25, 0.3) is 0 Å². The molecule has 2 aliphatic heterocycles. The number of aryl methyl sites for hydroxylation is 2. The Morgan fingerprint density at radius 2 is 1.13 bits per heavy atom. The molecule has 2 aromatic carbocycles. The van der Waals surface area contributed by atoms with E-state index in [4.69, 9.17) is 0 Å². The van der Waals surface area contributed by atoms with Crippen LogP contribution in [-0.2, 0) is 20.0 Å². The molecule has 8 heteroatoms. The highest BCUT2D eigenvalue weighted by Gasteiger charge is 2.57. The van der Waals surface area contributed by atoms with Crippen LogP contribution in [0.5, 0.6) is 0 Å². The van der Waals surface area contributed by atoms with Crippen LogP contribution in [0.15, 0.2) is 70.1 Å². The summed E-state index contributed by atoms with van der Waals surface area (Å²) >= 11 is 0. The quantitative estimate of drug-likeness (QED) is 0.450. The van der Waals surface area contributed by atoms with Gasteiger partial charge in [-0.25, -0.2) is 16.8 Å². The van der Waals surface area contributed by atoms with Gasteiger partial charge in [0, 0.05) is 17.8 Å². The second-order valence-electron chi connectivity index (χ2n) is 12.0. The number of benzene rings is 2. The largest absolute Gasteiger partial charge is 0.267 e. The molecule has 3 fully saturated rings. The molecule has 0 amide bonds. The predicted octanol–water partition coefficient (Wildman–Crippen LogP) is 6.06. The number of sulfonamides is 2. The third-order valence-electron chi connectivity index (χ3n) is 9.57. The molecule has 4 aliphatic rings. The molecule has 38 heavy (non-hydrogen) atoms. The Hall–Kier alpha value is -2.16. The van der Waals surface area contributed by atoms with Crippen LogP contribution < -0.4 is 0 Å². The van der Waals surface area contributed by atoms with E-state index >= 15 is 0 Å². The average molecular weight is 555 g/mol. The van der Waals surface area contributed by atoms with Crippen LogP contribution in [0.4, 0.5) is 0 Å². The van der Waals surface area contributed by atoms with Gasteiger partial charge in [0.2, 0.25) is 10.0 Å². The number of nitrogens with zero attached hydrogens (tertiary/aromatic N) is 2. The van der Waals surface area contributed by atoms with Crippen molar-refractivity contribution in [1.82, 2.24) is 8.61 Å². The van der Waals surface area contributed by atoms with E-state index in [1.807, 2.05) is 48.6 Å². The summed E-state index contributed by atoms with van der Waals surface area (Å²) in [7, 11) is -7.51. The van der Waals surface area contributed by atoms with Crippen LogP contribution in [0.3, 0.4) is 0 Å². The summed E-state index contributed by atoms with van der Waals surface area (Å²) < 4.78 is 60.0. The summed E-state index contributed by atoms with van der Waals surface area (Å²) in [4.78, 5) is 0.634. The fraction of sp³-hybridized carbons (Fsp3) is 0.533. The molecule has 0 N–H and O–H groups in total. The average Bonchev–Trinajstić information content (AvgIpc) is 3.69. The van der Waals surface area contributed by atoms with Crippen molar-refractivity contribution in [2.75, 3.05) is 0 Å². The zero-order chi connectivity index (χ0) is 26.8. The van der Waals surface area contributed by atoms with E-state index in [1.165, 1.54) is 0 Å². The van der Waals surface area contributed by atoms with Crippen LogP contribution >= 0.6 is 0 Å². The molecule has 2 saturated carbocycles. The molecular weight excluding hydrogens is 516 g/mol. The minimum Gasteiger partial charge on any atom is -0.267 e. The van der Waals surface area contributed by atoms with E-state index in [-0.39, 0.29) is 11.6 Å². The minimum absolute atomic E-state index is 0.301. The Morgan fingerprint density at radius 3 is 1.66 bits per heavy atom. The second kappa shape index (κ2) is 9.20. The number of rotatable bonds is 5. The molecule has 204 valence electrons. The standard InChI is InChI=1S/C30H38N2O4S2/c1-23-7-11-26(12-8-23)37(33,34)31-22-25(21-30(31)18-5-6-19-30)28-15-20-29(16-3-4-17-29)32(28)38(35,36)27-13-9-24(2)10-14-27/h7-14,22,28H,3-6,15-21H2,1-2H3. The molecule has 6 rings (SSSR count). The Balaban J connectivity index is 1.43. The topological polar surface area (TPSA) is 74.8 Å². The lowest BCUT2D eigenvalue weighted by Gasteiger charge is -2.38. The van der Waals surface area contributed by atoms with E-state index in [9.17, 15) is 16.8 Å². The zero-order valence-corrected chi connectivity index (χ0v) is 24.0. The summed E-state index contributed by atoms with van der Waals surface area (Å²) in [5, 5.41) is 0. The van der Waals surface area contributed by atoms with Crippen molar-refractivity contribution >= 4 is 20.0 Å². The predicted molar refractivity (Wildman–Crippen MR) is 149 cm³/mol. The fourth-order valence-electron chi connectivity index (χ4n) is 7.62. The maximum Gasteiger partial charge on any atom is 0.264 e. The molecule has 2 spiro atoms. The van der Waals surface area contributed by atoms with Crippen LogP contribution in [0.2, 0.25) is 0 Å². The van der Waals surface area contributed by atoms with Gasteiger partial charge < -0.3 is 0 Å². The summed E-state index contributed by atoms with van der Waals surface area (Å²) in [6, 6.07) is 13.9. The van der Waals surface area contributed by atoms with Crippen molar-refractivity contribution in [2.24, 2.45) is 0 Å². The van der Waals surface area contributed by atoms with Gasteiger partial charge in [-0.3, -0.25) is 4.31 Å². The van der Waals surface area contributed by atoms with Crippen LogP contribution in [0.1, 0.15) is 81.8 Å². The van der Waals surface area contributed by atoms with Crippen molar-refractivity contribution in [1.29, 1.82) is 0 Å². The van der Waals surface area contributed by atoms with Crippen LogP contribution in [-0.4, -0.2) is 42.6 Å². The van der Waals surface area contributed by atoms with Crippen LogP contribution in [0, 0.1) is 13.8 Å². The maximum atomic E-state index is 14.3. The molecule has 1 saturated heterocycles. The SMILES string of the molecule is Cc1ccc(S(=O)(=O)N2C=C(C3CCC4(CCCC4)N3S(=O)(=O)c3ccc(C)cc3)CC23CCCC3)cc1. The van der Waals surface area contributed by atoms with Crippen molar-refractivity contribution in [3.05, 3.63) is 71.4 Å². The lowest BCUT2D eigenvalue weighted by Crippen LogP contribution is -2.49. The zero-order valence-electron chi connectivity index (χ0n) is 22.4. The third kappa shape index (κ3) is 4.06. The first-order valence-electron chi connectivity index (χ1n) is 14.0. The highest BCUT2D eigenvalue weighted by atomic mass is 32.2. The molecule has 2 heterocycles. The minimum atomic E-state index is -3.76.